The minimum Gasteiger partial charge on any atom is -0.400 e. The largest absolute Gasteiger partial charge is 0.490 e. The Hall–Kier alpha value is -1.93. The zero-order chi connectivity index (χ0) is 24.2. The third-order valence-corrected chi connectivity index (χ3v) is 9.22. The van der Waals surface area contributed by atoms with Gasteiger partial charge in [-0.1, -0.05) is 55.0 Å². The maximum Gasteiger partial charge on any atom is 0.490 e. The van der Waals surface area contributed by atoms with E-state index in [2.05, 4.69) is 6.92 Å². The first-order chi connectivity index (χ1) is 15.3. The number of aryl methyl sites for hydroxylation is 1. The summed E-state index contributed by atoms with van der Waals surface area (Å²) in [6.07, 6.45) is 0. The molecule has 0 spiro atoms. The number of hydrogen-bond acceptors (Lipinski definition) is 4. The molecule has 0 N–H and O–H groups in total. The predicted molar refractivity (Wildman–Crippen MR) is 132 cm³/mol. The van der Waals surface area contributed by atoms with Gasteiger partial charge in [0.05, 0.1) is 22.1 Å². The quantitative estimate of drug-likeness (QED) is 0.571. The molecule has 0 amide bonds. The summed E-state index contributed by atoms with van der Waals surface area (Å²) >= 11 is 0. The maximum absolute atomic E-state index is 13.8. The smallest absolute Gasteiger partial charge is 0.400 e. The Morgan fingerprint density at radius 3 is 2.06 bits per heavy atom. The van der Waals surface area contributed by atoms with Crippen LogP contribution in [0.3, 0.4) is 0 Å². The molecule has 4 rings (SSSR count). The molecule has 2 aromatic rings. The minimum absolute atomic E-state index is 0.0226. The summed E-state index contributed by atoms with van der Waals surface area (Å²) < 4.78 is 41.9. The van der Waals surface area contributed by atoms with Gasteiger partial charge in [-0.3, -0.25) is 0 Å². The zero-order valence-electron chi connectivity index (χ0n) is 20.6. The number of nitrogens with zero attached hydrogens (tertiary/aromatic N) is 1. The van der Waals surface area contributed by atoms with Gasteiger partial charge in [0.25, 0.3) is 0 Å². The van der Waals surface area contributed by atoms with Gasteiger partial charge in [0.1, 0.15) is 0 Å². The molecule has 2 aliphatic heterocycles. The van der Waals surface area contributed by atoms with Crippen molar-refractivity contribution in [2.24, 2.45) is 5.92 Å². The highest BCUT2D eigenvalue weighted by atomic mass is 32.2. The van der Waals surface area contributed by atoms with E-state index in [4.69, 9.17) is 9.31 Å². The molecule has 5 nitrogen and oxygen atoms in total. The first kappa shape index (κ1) is 24.2. The number of benzene rings is 2. The van der Waals surface area contributed by atoms with Crippen molar-refractivity contribution in [1.29, 1.82) is 0 Å². The topological polar surface area (TPSA) is 55.8 Å². The highest BCUT2D eigenvalue weighted by molar-refractivity contribution is 7.89. The van der Waals surface area contributed by atoms with Gasteiger partial charge in [-0.2, -0.15) is 4.31 Å². The molecule has 7 heteroatoms. The van der Waals surface area contributed by atoms with Gasteiger partial charge in [0.15, 0.2) is 0 Å². The van der Waals surface area contributed by atoms with Gasteiger partial charge in [0.2, 0.25) is 10.0 Å². The predicted octanol–water partition coefficient (Wildman–Crippen LogP) is 5.32. The standard InChI is InChI=1S/C26H34BNO4S/c1-18-13-15-22(16-14-18)33(29,30)28-17-19(2)23(24(28)21-11-9-8-10-12-21)20(3)27-31-25(4,5)26(6,7)32-27/h8-16,19,24H,17H2,1-7H3/b23-20+/t19-,24+/m1/s1. The van der Waals surface area contributed by atoms with Crippen molar-refractivity contribution in [3.05, 3.63) is 76.8 Å². The summed E-state index contributed by atoms with van der Waals surface area (Å²) in [5, 5.41) is 0. The van der Waals surface area contributed by atoms with E-state index in [-0.39, 0.29) is 5.92 Å². The molecule has 0 saturated carbocycles. The fourth-order valence-electron chi connectivity index (χ4n) is 4.72. The van der Waals surface area contributed by atoms with Crippen molar-refractivity contribution in [2.75, 3.05) is 6.54 Å². The number of hydrogen-bond donors (Lipinski definition) is 0. The van der Waals surface area contributed by atoms with Crippen molar-refractivity contribution >= 4 is 17.1 Å². The lowest BCUT2D eigenvalue weighted by molar-refractivity contribution is 0.00578. The van der Waals surface area contributed by atoms with E-state index in [0.29, 0.717) is 11.4 Å². The Balaban J connectivity index is 1.83. The molecule has 2 aromatic carbocycles. The van der Waals surface area contributed by atoms with Gasteiger partial charge in [-0.05, 0) is 76.2 Å². The lowest BCUT2D eigenvalue weighted by Crippen LogP contribution is -2.41. The average molecular weight is 467 g/mol. The normalized spacial score (nSPS) is 26.6. The molecule has 0 unspecified atom stereocenters. The molecule has 2 heterocycles. The summed E-state index contributed by atoms with van der Waals surface area (Å²) in [6, 6.07) is 16.5. The van der Waals surface area contributed by atoms with E-state index in [1.165, 1.54) is 0 Å². The highest BCUT2D eigenvalue weighted by Gasteiger charge is 2.54. The average Bonchev–Trinajstić information content (AvgIpc) is 3.21. The molecule has 2 saturated heterocycles. The molecule has 176 valence electrons. The second kappa shape index (κ2) is 8.38. The molecular weight excluding hydrogens is 433 g/mol. The number of rotatable bonds is 4. The zero-order valence-corrected chi connectivity index (χ0v) is 21.4. The molecule has 2 atom stereocenters. The van der Waals surface area contributed by atoms with Crippen molar-refractivity contribution in [3.63, 3.8) is 0 Å². The van der Waals surface area contributed by atoms with Gasteiger partial charge in [-0.25, -0.2) is 8.42 Å². The second-order valence-electron chi connectivity index (χ2n) is 10.3. The number of allylic oxidation sites excluding steroid dienone is 1. The van der Waals surface area contributed by atoms with Crippen LogP contribution in [0.25, 0.3) is 0 Å². The molecule has 0 aromatic heterocycles. The highest BCUT2D eigenvalue weighted by Crippen LogP contribution is 2.47. The summed E-state index contributed by atoms with van der Waals surface area (Å²) in [7, 11) is -4.22. The van der Waals surface area contributed by atoms with Gasteiger partial charge in [0, 0.05) is 6.54 Å². The van der Waals surface area contributed by atoms with Crippen LogP contribution in [0.5, 0.6) is 0 Å². The van der Waals surface area contributed by atoms with Crippen LogP contribution in [0, 0.1) is 12.8 Å². The van der Waals surface area contributed by atoms with Crippen molar-refractivity contribution in [1.82, 2.24) is 4.31 Å². The van der Waals surface area contributed by atoms with E-state index in [9.17, 15) is 8.42 Å². The summed E-state index contributed by atoms with van der Waals surface area (Å²) in [5.74, 6) is 0.0226. The summed E-state index contributed by atoms with van der Waals surface area (Å²) in [6.45, 7) is 14.6. The van der Waals surface area contributed by atoms with Crippen LogP contribution in [-0.4, -0.2) is 37.6 Å². The maximum atomic E-state index is 13.8. The van der Waals surface area contributed by atoms with E-state index < -0.39 is 34.4 Å². The molecule has 0 bridgehead atoms. The lowest BCUT2D eigenvalue weighted by atomic mass is 9.72. The van der Waals surface area contributed by atoms with Crippen LogP contribution >= 0.6 is 0 Å². The first-order valence-corrected chi connectivity index (χ1v) is 13.0. The second-order valence-corrected chi connectivity index (χ2v) is 12.2. The summed E-state index contributed by atoms with van der Waals surface area (Å²) in [4.78, 5) is 0.316. The van der Waals surface area contributed by atoms with Crippen LogP contribution in [0.15, 0.2) is 70.5 Å². The first-order valence-electron chi connectivity index (χ1n) is 11.5. The lowest BCUT2D eigenvalue weighted by Gasteiger charge is -2.32. The van der Waals surface area contributed by atoms with E-state index >= 15 is 0 Å². The number of sulfonamides is 1. The Labute approximate surface area is 199 Å². The van der Waals surface area contributed by atoms with Crippen LogP contribution in [0.4, 0.5) is 0 Å². The van der Waals surface area contributed by atoms with Crippen molar-refractivity contribution < 1.29 is 17.7 Å². The van der Waals surface area contributed by atoms with Crippen molar-refractivity contribution in [2.45, 2.75) is 70.6 Å². The van der Waals surface area contributed by atoms with E-state index in [1.807, 2.05) is 84.0 Å². The molecule has 0 aliphatic carbocycles. The van der Waals surface area contributed by atoms with E-state index in [1.54, 1.807) is 16.4 Å². The third kappa shape index (κ3) is 4.21. The SMILES string of the molecule is C/C(B1OC(C)(C)C(C)(C)O1)=C1/[C@H](C)CN(S(=O)(=O)c2ccc(C)cc2)[C@H]1c1ccccc1. The minimum atomic E-state index is -3.70. The summed E-state index contributed by atoms with van der Waals surface area (Å²) in [5.41, 5.74) is 3.06. The third-order valence-electron chi connectivity index (χ3n) is 7.37. The fraction of sp³-hybridized carbons (Fsp3) is 0.462. The van der Waals surface area contributed by atoms with Crippen LogP contribution in [-0.2, 0) is 19.3 Å². The Morgan fingerprint density at radius 2 is 1.52 bits per heavy atom. The van der Waals surface area contributed by atoms with E-state index in [0.717, 1.165) is 22.2 Å². The Bertz CT molecular complexity index is 1140. The van der Waals surface area contributed by atoms with Crippen LogP contribution in [0.1, 0.15) is 58.7 Å². The van der Waals surface area contributed by atoms with Gasteiger partial charge < -0.3 is 9.31 Å². The molecule has 2 fully saturated rings. The Kier molecular flexibility index (Phi) is 6.15. The fourth-order valence-corrected chi connectivity index (χ4v) is 6.41. The van der Waals surface area contributed by atoms with Crippen LogP contribution < -0.4 is 0 Å². The molecule has 33 heavy (non-hydrogen) atoms. The van der Waals surface area contributed by atoms with Gasteiger partial charge >= 0.3 is 7.12 Å². The molecule has 2 aliphatic rings. The monoisotopic (exact) mass is 467 g/mol. The molecular formula is C26H34BNO4S. The molecule has 0 radical (unpaired) electrons. The van der Waals surface area contributed by atoms with Gasteiger partial charge in [-0.15, -0.1) is 0 Å². The van der Waals surface area contributed by atoms with Crippen molar-refractivity contribution in [3.8, 4) is 0 Å². The van der Waals surface area contributed by atoms with Crippen LogP contribution in [0.2, 0.25) is 0 Å². The Morgan fingerprint density at radius 1 is 0.970 bits per heavy atom.